The molecule has 49 heavy (non-hydrogen) atoms. The van der Waals surface area contributed by atoms with E-state index >= 15 is 0 Å². The SMILES string of the molecule is CC1=C(c2ccccc2)N=C(c2ccc(-c3cccc4oc5ccc(-c6ccccc6)cc5c34)c3ccccc23)N=C(c2ccccc2)C1. The van der Waals surface area contributed by atoms with Crippen LogP contribution in [-0.2, 0) is 0 Å². The number of hydrogen-bond donors (Lipinski definition) is 0. The molecule has 0 fully saturated rings. The van der Waals surface area contributed by atoms with E-state index in [2.05, 4.69) is 159 Å². The Morgan fingerprint density at radius 2 is 1.08 bits per heavy atom. The van der Waals surface area contributed by atoms with Gasteiger partial charge in [0.25, 0.3) is 0 Å². The Hall–Kier alpha value is -6.32. The molecule has 1 aliphatic rings. The Kier molecular flexibility index (Phi) is 7.09. The molecule has 0 atom stereocenters. The third-order valence-corrected chi connectivity index (χ3v) is 9.51. The van der Waals surface area contributed by atoms with Crippen molar-refractivity contribution >= 4 is 50.0 Å². The molecule has 9 rings (SSSR count). The van der Waals surface area contributed by atoms with Crippen LogP contribution in [0.3, 0.4) is 0 Å². The molecule has 0 N–H and O–H groups in total. The van der Waals surface area contributed by atoms with Gasteiger partial charge in [0, 0.05) is 28.3 Å². The fourth-order valence-corrected chi connectivity index (χ4v) is 7.14. The molecule has 8 aromatic rings. The first-order chi connectivity index (χ1) is 24.2. The number of nitrogens with zero attached hydrogens (tertiary/aromatic N) is 2. The van der Waals surface area contributed by atoms with Gasteiger partial charge in [0.15, 0.2) is 5.84 Å². The van der Waals surface area contributed by atoms with Gasteiger partial charge < -0.3 is 4.42 Å². The number of hydrogen-bond acceptors (Lipinski definition) is 3. The predicted octanol–water partition coefficient (Wildman–Crippen LogP) is 12.1. The molecular formula is C46H32N2O. The maximum Gasteiger partial charge on any atom is 0.160 e. The quantitative estimate of drug-likeness (QED) is 0.187. The van der Waals surface area contributed by atoms with Crippen molar-refractivity contribution in [2.24, 2.45) is 9.98 Å². The molecule has 0 amide bonds. The number of fused-ring (bicyclic) bond motifs is 4. The lowest BCUT2D eigenvalue weighted by Gasteiger charge is -2.13. The monoisotopic (exact) mass is 628 g/mol. The van der Waals surface area contributed by atoms with Gasteiger partial charge in [-0.05, 0) is 75.4 Å². The summed E-state index contributed by atoms with van der Waals surface area (Å²) in [6.07, 6.45) is 0.720. The van der Waals surface area contributed by atoms with E-state index in [1.165, 1.54) is 16.7 Å². The topological polar surface area (TPSA) is 37.9 Å². The Morgan fingerprint density at radius 3 is 1.82 bits per heavy atom. The van der Waals surface area contributed by atoms with Crippen molar-refractivity contribution in [1.29, 1.82) is 0 Å². The third kappa shape index (κ3) is 5.17. The Bertz CT molecular complexity index is 2610. The van der Waals surface area contributed by atoms with E-state index in [0.29, 0.717) is 0 Å². The van der Waals surface area contributed by atoms with E-state index in [0.717, 1.165) is 84.2 Å². The standard InChI is InChI=1S/C46H32N2O/c1-30-28-41(32-16-7-3-8-17-32)47-46(48-45(30)33-18-9-4-10-19-33)39-26-25-37(35-20-11-12-21-36(35)39)38-22-13-23-43-44(38)40-29-34(24-27-42(40)49-43)31-14-5-2-6-15-31/h2-27,29H,28H2,1H3. The minimum atomic E-state index is 0.719. The summed E-state index contributed by atoms with van der Waals surface area (Å²) >= 11 is 0. The summed E-state index contributed by atoms with van der Waals surface area (Å²) in [5.74, 6) is 0.719. The minimum Gasteiger partial charge on any atom is -0.456 e. The number of amidine groups is 1. The molecule has 0 bridgehead atoms. The molecule has 2 heterocycles. The zero-order chi connectivity index (χ0) is 32.7. The Labute approximate surface area is 285 Å². The van der Waals surface area contributed by atoms with E-state index in [9.17, 15) is 0 Å². The smallest absolute Gasteiger partial charge is 0.160 e. The van der Waals surface area contributed by atoms with Crippen LogP contribution < -0.4 is 0 Å². The predicted molar refractivity (Wildman–Crippen MR) is 205 cm³/mol. The van der Waals surface area contributed by atoms with Gasteiger partial charge >= 0.3 is 0 Å². The van der Waals surface area contributed by atoms with Gasteiger partial charge in [0.1, 0.15) is 11.2 Å². The van der Waals surface area contributed by atoms with Crippen molar-refractivity contribution in [3.63, 3.8) is 0 Å². The van der Waals surface area contributed by atoms with E-state index in [1.54, 1.807) is 0 Å². The highest BCUT2D eigenvalue weighted by Crippen LogP contribution is 2.41. The summed E-state index contributed by atoms with van der Waals surface area (Å²) < 4.78 is 6.43. The number of rotatable bonds is 5. The van der Waals surface area contributed by atoms with Crippen molar-refractivity contribution < 1.29 is 4.42 Å². The van der Waals surface area contributed by atoms with E-state index in [-0.39, 0.29) is 0 Å². The van der Waals surface area contributed by atoms with Crippen LogP contribution in [0.2, 0.25) is 0 Å². The molecule has 1 aromatic heterocycles. The number of allylic oxidation sites excluding steroid dienone is 1. The average Bonchev–Trinajstić information content (AvgIpc) is 3.45. The van der Waals surface area contributed by atoms with Gasteiger partial charge in [-0.3, -0.25) is 0 Å². The van der Waals surface area contributed by atoms with Gasteiger partial charge in [-0.1, -0.05) is 140 Å². The molecule has 232 valence electrons. The van der Waals surface area contributed by atoms with Crippen LogP contribution in [0, 0.1) is 0 Å². The highest BCUT2D eigenvalue weighted by Gasteiger charge is 2.21. The van der Waals surface area contributed by atoms with Crippen LogP contribution in [0.4, 0.5) is 0 Å². The Balaban J connectivity index is 1.26. The lowest BCUT2D eigenvalue weighted by molar-refractivity contribution is 0.669. The molecule has 0 radical (unpaired) electrons. The second kappa shape index (κ2) is 12.0. The lowest BCUT2D eigenvalue weighted by Crippen LogP contribution is -2.06. The first-order valence-electron chi connectivity index (χ1n) is 16.7. The second-order valence-electron chi connectivity index (χ2n) is 12.6. The molecule has 3 heteroatoms. The third-order valence-electron chi connectivity index (χ3n) is 9.51. The lowest BCUT2D eigenvalue weighted by atomic mass is 9.91. The van der Waals surface area contributed by atoms with Crippen LogP contribution >= 0.6 is 0 Å². The highest BCUT2D eigenvalue weighted by molar-refractivity contribution is 6.22. The number of aliphatic imine (C=N–C) groups is 2. The van der Waals surface area contributed by atoms with Crippen LogP contribution in [0.5, 0.6) is 0 Å². The van der Waals surface area contributed by atoms with Gasteiger partial charge in [0.2, 0.25) is 0 Å². The first kappa shape index (κ1) is 28.9. The molecule has 7 aromatic carbocycles. The molecule has 1 aliphatic heterocycles. The van der Waals surface area contributed by atoms with E-state index in [1.807, 2.05) is 12.1 Å². The van der Waals surface area contributed by atoms with E-state index < -0.39 is 0 Å². The van der Waals surface area contributed by atoms with Gasteiger partial charge in [-0.25, -0.2) is 9.98 Å². The van der Waals surface area contributed by atoms with Gasteiger partial charge in [-0.2, -0.15) is 0 Å². The summed E-state index contributed by atoms with van der Waals surface area (Å²) in [6.45, 7) is 2.17. The van der Waals surface area contributed by atoms with Crippen molar-refractivity contribution in [2.75, 3.05) is 0 Å². The fourth-order valence-electron chi connectivity index (χ4n) is 7.14. The molecule has 0 saturated carbocycles. The summed E-state index contributed by atoms with van der Waals surface area (Å²) in [7, 11) is 0. The highest BCUT2D eigenvalue weighted by atomic mass is 16.3. The zero-order valence-electron chi connectivity index (χ0n) is 27.1. The average molecular weight is 629 g/mol. The normalized spacial score (nSPS) is 13.5. The number of furan rings is 1. The molecule has 0 saturated heterocycles. The fraction of sp³-hybridized carbons (Fsp3) is 0.0435. The molecule has 3 nitrogen and oxygen atoms in total. The second-order valence-corrected chi connectivity index (χ2v) is 12.6. The van der Waals surface area contributed by atoms with Crippen LogP contribution in [-0.4, -0.2) is 11.5 Å². The van der Waals surface area contributed by atoms with Gasteiger partial charge in [0.05, 0.1) is 11.4 Å². The maximum absolute atomic E-state index is 6.43. The van der Waals surface area contributed by atoms with Crippen LogP contribution in [0.15, 0.2) is 184 Å². The number of benzene rings is 7. The molecular weight excluding hydrogens is 597 g/mol. The first-order valence-corrected chi connectivity index (χ1v) is 16.7. The summed E-state index contributed by atoms with van der Waals surface area (Å²) in [6, 6.07) is 57.4. The minimum absolute atomic E-state index is 0.719. The summed E-state index contributed by atoms with van der Waals surface area (Å²) in [5.41, 5.74) is 12.8. The van der Waals surface area contributed by atoms with Crippen molar-refractivity contribution in [2.45, 2.75) is 13.3 Å². The van der Waals surface area contributed by atoms with Crippen molar-refractivity contribution in [3.05, 3.63) is 186 Å². The van der Waals surface area contributed by atoms with E-state index in [4.69, 9.17) is 14.4 Å². The largest absolute Gasteiger partial charge is 0.456 e. The Morgan fingerprint density at radius 1 is 0.449 bits per heavy atom. The van der Waals surface area contributed by atoms with Crippen molar-refractivity contribution in [1.82, 2.24) is 0 Å². The summed E-state index contributed by atoms with van der Waals surface area (Å²) in [5, 5.41) is 4.48. The molecule has 0 unspecified atom stereocenters. The molecule has 0 aliphatic carbocycles. The maximum atomic E-state index is 6.43. The molecule has 0 spiro atoms. The van der Waals surface area contributed by atoms with Crippen molar-refractivity contribution in [3.8, 4) is 22.3 Å². The van der Waals surface area contributed by atoms with Crippen LogP contribution in [0.1, 0.15) is 30.0 Å². The van der Waals surface area contributed by atoms with Crippen LogP contribution in [0.25, 0.3) is 60.7 Å². The van der Waals surface area contributed by atoms with Gasteiger partial charge in [-0.15, -0.1) is 0 Å². The zero-order valence-corrected chi connectivity index (χ0v) is 27.1. The summed E-state index contributed by atoms with van der Waals surface area (Å²) in [4.78, 5) is 10.7.